The second kappa shape index (κ2) is 6.06. The summed E-state index contributed by atoms with van der Waals surface area (Å²) in [5, 5.41) is 1.06. The van der Waals surface area contributed by atoms with E-state index in [1.165, 1.54) is 4.31 Å². The average molecular weight is 381 g/mol. The number of nitrogens with zero attached hydrogens (tertiary/aromatic N) is 2. The van der Waals surface area contributed by atoms with E-state index in [0.717, 1.165) is 27.6 Å². The van der Waals surface area contributed by atoms with Gasteiger partial charge < -0.3 is 0 Å². The molecule has 1 aliphatic rings. The van der Waals surface area contributed by atoms with Crippen molar-refractivity contribution < 1.29 is 8.42 Å². The van der Waals surface area contributed by atoms with E-state index in [2.05, 4.69) is 26.8 Å². The Morgan fingerprint density at radius 1 is 1.04 bits per heavy atom. The number of aryl methyl sites for hydroxylation is 1. The zero-order chi connectivity index (χ0) is 19.4. The lowest BCUT2D eigenvalue weighted by Crippen LogP contribution is -2.29. The molecule has 5 heteroatoms. The molecule has 0 saturated carbocycles. The maximum absolute atomic E-state index is 13.3. The van der Waals surface area contributed by atoms with Gasteiger partial charge in [0, 0.05) is 11.9 Å². The molecule has 0 amide bonds. The van der Waals surface area contributed by atoms with Gasteiger partial charge in [0.1, 0.15) is 5.82 Å². The summed E-state index contributed by atoms with van der Waals surface area (Å²) >= 11 is 0. The topological polar surface area (TPSA) is 50.3 Å². The number of hydrogen-bond acceptors (Lipinski definition) is 3. The van der Waals surface area contributed by atoms with Crippen LogP contribution in [-0.2, 0) is 21.9 Å². The molecule has 140 valence electrons. The van der Waals surface area contributed by atoms with E-state index in [4.69, 9.17) is 4.98 Å². The van der Waals surface area contributed by atoms with E-state index in [0.29, 0.717) is 23.7 Å². The van der Waals surface area contributed by atoms with Crippen LogP contribution in [0, 0.1) is 6.92 Å². The summed E-state index contributed by atoms with van der Waals surface area (Å²) < 4.78 is 28.0. The molecule has 4 nitrogen and oxygen atoms in total. The summed E-state index contributed by atoms with van der Waals surface area (Å²) in [4.78, 5) is 5.05. The summed E-state index contributed by atoms with van der Waals surface area (Å²) in [7, 11) is -3.63. The van der Waals surface area contributed by atoms with Gasteiger partial charge in [0.2, 0.25) is 0 Å². The van der Waals surface area contributed by atoms with Gasteiger partial charge in [-0.25, -0.2) is 17.7 Å². The Labute approximate surface area is 160 Å². The largest absolute Gasteiger partial charge is 0.265 e. The summed E-state index contributed by atoms with van der Waals surface area (Å²) in [6.45, 7) is 8.78. The van der Waals surface area contributed by atoms with Crippen LogP contribution in [0.5, 0.6) is 0 Å². The highest BCUT2D eigenvalue weighted by Crippen LogP contribution is 2.34. The minimum atomic E-state index is -3.63. The first-order valence-electron chi connectivity index (χ1n) is 9.20. The number of pyridine rings is 1. The first kappa shape index (κ1) is 18.0. The van der Waals surface area contributed by atoms with Gasteiger partial charge in [-0.15, -0.1) is 0 Å². The Hall–Kier alpha value is -2.40. The van der Waals surface area contributed by atoms with Crippen molar-refractivity contribution in [3.63, 3.8) is 0 Å². The van der Waals surface area contributed by atoms with Crippen LogP contribution in [0.3, 0.4) is 0 Å². The summed E-state index contributed by atoms with van der Waals surface area (Å²) in [5.41, 5.74) is 4.00. The first-order valence-corrected chi connectivity index (χ1v) is 10.6. The second-order valence-corrected chi connectivity index (χ2v) is 10.1. The maximum Gasteiger partial charge on any atom is 0.265 e. The van der Waals surface area contributed by atoms with Gasteiger partial charge in [0.15, 0.2) is 0 Å². The molecule has 0 spiro atoms. The summed E-state index contributed by atoms with van der Waals surface area (Å²) in [6.07, 6.45) is 0.686. The molecule has 0 unspecified atom stereocenters. The number of sulfonamides is 1. The van der Waals surface area contributed by atoms with Gasteiger partial charge in [-0.05, 0) is 53.6 Å². The molecule has 1 aliphatic heterocycles. The SMILES string of the molecule is Cc1cccc2cc3c(nc12)N(S(=O)(=O)c1ccc(C(C)(C)C)cc1)CC3. The molecule has 3 aromatic rings. The Morgan fingerprint density at radius 2 is 1.74 bits per heavy atom. The fourth-order valence-corrected chi connectivity index (χ4v) is 5.05. The molecule has 0 aliphatic carbocycles. The van der Waals surface area contributed by atoms with Crippen LogP contribution in [-0.4, -0.2) is 19.9 Å². The quantitative estimate of drug-likeness (QED) is 0.653. The van der Waals surface area contributed by atoms with Crippen molar-refractivity contribution in [1.29, 1.82) is 0 Å². The van der Waals surface area contributed by atoms with E-state index in [-0.39, 0.29) is 5.41 Å². The van der Waals surface area contributed by atoms with E-state index < -0.39 is 10.0 Å². The van der Waals surface area contributed by atoms with Crippen molar-refractivity contribution in [3.8, 4) is 0 Å². The number of anilines is 1. The van der Waals surface area contributed by atoms with Gasteiger partial charge in [0.25, 0.3) is 10.0 Å². The molecular formula is C22H24N2O2S. The van der Waals surface area contributed by atoms with E-state index in [9.17, 15) is 8.42 Å². The highest BCUT2D eigenvalue weighted by atomic mass is 32.2. The molecule has 0 N–H and O–H groups in total. The summed E-state index contributed by atoms with van der Waals surface area (Å²) in [5.74, 6) is 0.566. The molecular weight excluding hydrogens is 356 g/mol. The molecule has 2 aromatic carbocycles. The van der Waals surface area contributed by atoms with Crippen LogP contribution in [0.15, 0.2) is 53.4 Å². The van der Waals surface area contributed by atoms with Gasteiger partial charge in [0.05, 0.1) is 10.4 Å². The standard InChI is InChI=1S/C22H24N2O2S/c1-15-6-5-7-16-14-17-12-13-24(21(17)23-20(15)16)27(25,26)19-10-8-18(9-11-19)22(2,3)4/h5-11,14H,12-13H2,1-4H3. The minimum Gasteiger partial charge on any atom is -0.249 e. The fraction of sp³-hybridized carbons (Fsp3) is 0.318. The fourth-order valence-electron chi connectivity index (χ4n) is 3.60. The Balaban J connectivity index is 1.78. The maximum atomic E-state index is 13.3. The lowest BCUT2D eigenvalue weighted by Gasteiger charge is -2.21. The smallest absolute Gasteiger partial charge is 0.249 e. The third kappa shape index (κ3) is 3.00. The van der Waals surface area contributed by atoms with Crippen molar-refractivity contribution in [3.05, 3.63) is 65.2 Å². The van der Waals surface area contributed by atoms with E-state index in [1.807, 2.05) is 37.3 Å². The van der Waals surface area contributed by atoms with Crippen molar-refractivity contribution >= 4 is 26.7 Å². The van der Waals surface area contributed by atoms with Crippen LogP contribution in [0.25, 0.3) is 10.9 Å². The molecule has 27 heavy (non-hydrogen) atoms. The van der Waals surface area contributed by atoms with Crippen molar-refractivity contribution in [2.75, 3.05) is 10.8 Å². The van der Waals surface area contributed by atoms with Crippen LogP contribution in [0.4, 0.5) is 5.82 Å². The lowest BCUT2D eigenvalue weighted by atomic mass is 9.87. The number of fused-ring (bicyclic) bond motifs is 2. The van der Waals surface area contributed by atoms with Gasteiger partial charge in [-0.2, -0.15) is 0 Å². The number of para-hydroxylation sites is 1. The average Bonchev–Trinajstić information content (AvgIpc) is 3.03. The second-order valence-electron chi connectivity index (χ2n) is 8.22. The van der Waals surface area contributed by atoms with Gasteiger partial charge in [-0.3, -0.25) is 0 Å². The first-order chi connectivity index (χ1) is 12.7. The summed E-state index contributed by atoms with van der Waals surface area (Å²) in [6, 6.07) is 15.3. The number of rotatable bonds is 2. The Morgan fingerprint density at radius 3 is 2.41 bits per heavy atom. The predicted molar refractivity (Wildman–Crippen MR) is 110 cm³/mol. The highest BCUT2D eigenvalue weighted by molar-refractivity contribution is 7.92. The third-order valence-corrected chi connectivity index (χ3v) is 7.04. The highest BCUT2D eigenvalue weighted by Gasteiger charge is 2.32. The number of benzene rings is 2. The van der Waals surface area contributed by atoms with Crippen molar-refractivity contribution in [2.45, 2.75) is 44.4 Å². The number of aromatic nitrogens is 1. The zero-order valence-corrected chi connectivity index (χ0v) is 17.0. The monoisotopic (exact) mass is 380 g/mol. The van der Waals surface area contributed by atoms with Crippen LogP contribution >= 0.6 is 0 Å². The Kier molecular flexibility index (Phi) is 4.04. The third-order valence-electron chi connectivity index (χ3n) is 5.23. The molecule has 0 bridgehead atoms. The molecule has 2 heterocycles. The Bertz CT molecular complexity index is 1130. The molecule has 1 aromatic heterocycles. The minimum absolute atomic E-state index is 0.0134. The van der Waals surface area contributed by atoms with E-state index >= 15 is 0 Å². The molecule has 0 saturated heterocycles. The van der Waals surface area contributed by atoms with E-state index in [1.54, 1.807) is 12.1 Å². The van der Waals surface area contributed by atoms with Crippen LogP contribution < -0.4 is 4.31 Å². The normalized spacial score (nSPS) is 14.6. The van der Waals surface area contributed by atoms with Gasteiger partial charge in [-0.1, -0.05) is 51.1 Å². The molecule has 4 rings (SSSR count). The zero-order valence-electron chi connectivity index (χ0n) is 16.2. The van der Waals surface area contributed by atoms with Crippen molar-refractivity contribution in [2.24, 2.45) is 0 Å². The predicted octanol–water partition coefficient (Wildman–Crippen LogP) is 4.59. The van der Waals surface area contributed by atoms with Crippen molar-refractivity contribution in [1.82, 2.24) is 4.98 Å². The lowest BCUT2D eigenvalue weighted by molar-refractivity contribution is 0.585. The van der Waals surface area contributed by atoms with Crippen LogP contribution in [0.1, 0.15) is 37.5 Å². The molecule has 0 radical (unpaired) electrons. The van der Waals surface area contributed by atoms with Crippen LogP contribution in [0.2, 0.25) is 0 Å². The molecule has 0 atom stereocenters. The molecule has 0 fully saturated rings. The van der Waals surface area contributed by atoms with Gasteiger partial charge >= 0.3 is 0 Å². The number of hydrogen-bond donors (Lipinski definition) is 0.